The van der Waals surface area contributed by atoms with Crippen molar-refractivity contribution in [3.63, 3.8) is 0 Å². The number of rotatable bonds is 4. The van der Waals surface area contributed by atoms with Crippen LogP contribution in [0.1, 0.15) is 38.5 Å². The van der Waals surface area contributed by atoms with Gasteiger partial charge in [0.2, 0.25) is 5.91 Å². The van der Waals surface area contributed by atoms with Gasteiger partial charge in [0, 0.05) is 25.6 Å². The molecule has 2 rings (SSSR count). The largest absolute Gasteiger partial charge is 0.342 e. The first-order valence-electron chi connectivity index (χ1n) is 6.67. The van der Waals surface area contributed by atoms with Gasteiger partial charge in [0.25, 0.3) is 0 Å². The fraction of sp³-hybridized carbons (Fsp3) is 0.846. The summed E-state index contributed by atoms with van der Waals surface area (Å²) in [6.45, 7) is 2.34. The summed E-state index contributed by atoms with van der Waals surface area (Å²) >= 11 is 0. The Hall–Kier alpha value is -1.08. The molecule has 0 aromatic heterocycles. The normalized spacial score (nSPS) is 28.3. The van der Waals surface area contributed by atoms with E-state index in [1.165, 1.54) is 0 Å². The van der Waals surface area contributed by atoms with Crippen LogP contribution in [-0.4, -0.2) is 36.5 Å². The second-order valence-electron chi connectivity index (χ2n) is 5.21. The number of nitriles is 1. The van der Waals surface area contributed by atoms with Crippen LogP contribution in [0.25, 0.3) is 0 Å². The number of amides is 1. The number of carbonyl (C=O) groups is 1. The third kappa shape index (κ3) is 3.44. The number of carbonyl (C=O) groups excluding carboxylic acids is 1. The highest BCUT2D eigenvalue weighted by molar-refractivity contribution is 5.78. The van der Waals surface area contributed by atoms with Gasteiger partial charge in [-0.2, -0.15) is 5.26 Å². The maximum absolute atomic E-state index is 11.8. The zero-order valence-electron chi connectivity index (χ0n) is 10.3. The van der Waals surface area contributed by atoms with E-state index in [-0.39, 0.29) is 5.91 Å². The number of likely N-dealkylation sites (tertiary alicyclic amines) is 1. The number of hydrogen-bond acceptors (Lipinski definition) is 3. The maximum atomic E-state index is 11.8. The average molecular weight is 235 g/mol. The van der Waals surface area contributed by atoms with Crippen LogP contribution >= 0.6 is 0 Å². The van der Waals surface area contributed by atoms with Crippen LogP contribution in [0.4, 0.5) is 0 Å². The monoisotopic (exact) mass is 235 g/mol. The molecule has 1 amide bonds. The van der Waals surface area contributed by atoms with E-state index in [1.54, 1.807) is 0 Å². The lowest BCUT2D eigenvalue weighted by atomic mass is 10.1. The van der Waals surface area contributed by atoms with Crippen LogP contribution in [0, 0.1) is 17.2 Å². The first kappa shape index (κ1) is 12.4. The van der Waals surface area contributed by atoms with Gasteiger partial charge in [-0.25, -0.2) is 0 Å². The van der Waals surface area contributed by atoms with E-state index >= 15 is 0 Å². The molecule has 2 aliphatic rings. The minimum atomic E-state index is 0.242. The van der Waals surface area contributed by atoms with Gasteiger partial charge in [0.15, 0.2) is 0 Å². The lowest BCUT2D eigenvalue weighted by molar-refractivity contribution is -0.129. The topological polar surface area (TPSA) is 56.1 Å². The van der Waals surface area contributed by atoms with Gasteiger partial charge in [-0.15, -0.1) is 0 Å². The van der Waals surface area contributed by atoms with Gasteiger partial charge in [-0.1, -0.05) is 0 Å². The standard InChI is InChI=1S/C13H21N3O/c14-6-5-11-3-4-12(9-11)15-10-13(17)16-7-1-2-8-16/h11-12,15H,1-5,7-10H2/t11-,12-/m0/s1. The van der Waals surface area contributed by atoms with Crippen molar-refractivity contribution in [3.8, 4) is 6.07 Å². The summed E-state index contributed by atoms with van der Waals surface area (Å²) in [5, 5.41) is 12.0. The Morgan fingerprint density at radius 2 is 2.12 bits per heavy atom. The quantitative estimate of drug-likeness (QED) is 0.798. The third-order valence-corrected chi connectivity index (χ3v) is 3.92. The molecule has 1 saturated heterocycles. The van der Waals surface area contributed by atoms with E-state index in [0.29, 0.717) is 24.9 Å². The Balaban J connectivity index is 1.65. The van der Waals surface area contributed by atoms with Crippen molar-refractivity contribution in [2.45, 2.75) is 44.6 Å². The van der Waals surface area contributed by atoms with E-state index in [9.17, 15) is 4.79 Å². The average Bonchev–Trinajstić information content (AvgIpc) is 2.97. The first-order valence-corrected chi connectivity index (χ1v) is 6.67. The predicted molar refractivity (Wildman–Crippen MR) is 65.2 cm³/mol. The van der Waals surface area contributed by atoms with E-state index in [2.05, 4.69) is 11.4 Å². The Kier molecular flexibility index (Phi) is 4.38. The van der Waals surface area contributed by atoms with Crippen molar-refractivity contribution in [1.82, 2.24) is 10.2 Å². The van der Waals surface area contributed by atoms with E-state index < -0.39 is 0 Å². The molecule has 0 radical (unpaired) electrons. The number of nitrogens with one attached hydrogen (secondary N) is 1. The third-order valence-electron chi connectivity index (χ3n) is 3.92. The molecule has 0 aromatic rings. The van der Waals surface area contributed by atoms with Gasteiger partial charge in [0.1, 0.15) is 0 Å². The van der Waals surface area contributed by atoms with E-state index in [1.807, 2.05) is 4.90 Å². The molecule has 1 aliphatic heterocycles. The van der Waals surface area contributed by atoms with Crippen molar-refractivity contribution in [2.75, 3.05) is 19.6 Å². The van der Waals surface area contributed by atoms with Crippen LogP contribution in [0.3, 0.4) is 0 Å². The summed E-state index contributed by atoms with van der Waals surface area (Å²) in [4.78, 5) is 13.8. The van der Waals surface area contributed by atoms with Crippen molar-refractivity contribution >= 4 is 5.91 Å². The van der Waals surface area contributed by atoms with E-state index in [0.717, 1.165) is 45.2 Å². The van der Waals surface area contributed by atoms with E-state index in [4.69, 9.17) is 5.26 Å². The molecule has 1 aliphatic carbocycles. The molecule has 1 heterocycles. The zero-order chi connectivity index (χ0) is 12.1. The second kappa shape index (κ2) is 6.02. The predicted octanol–water partition coefficient (Wildman–Crippen LogP) is 1.28. The Morgan fingerprint density at radius 1 is 1.35 bits per heavy atom. The molecule has 94 valence electrons. The zero-order valence-corrected chi connectivity index (χ0v) is 10.3. The molecule has 2 fully saturated rings. The summed E-state index contributed by atoms with van der Waals surface area (Å²) in [5.74, 6) is 0.783. The van der Waals surface area contributed by atoms with Gasteiger partial charge in [0.05, 0.1) is 12.6 Å². The van der Waals surface area contributed by atoms with Crippen LogP contribution < -0.4 is 5.32 Å². The summed E-state index contributed by atoms with van der Waals surface area (Å²) < 4.78 is 0. The Morgan fingerprint density at radius 3 is 2.82 bits per heavy atom. The van der Waals surface area contributed by atoms with Crippen molar-refractivity contribution in [2.24, 2.45) is 5.92 Å². The SMILES string of the molecule is N#CC[C@@H]1CC[C@H](NCC(=O)N2CCCC2)C1. The van der Waals surface area contributed by atoms with Gasteiger partial charge in [-0.05, 0) is 38.0 Å². The lowest BCUT2D eigenvalue weighted by Crippen LogP contribution is -2.39. The highest BCUT2D eigenvalue weighted by Gasteiger charge is 2.25. The van der Waals surface area contributed by atoms with Crippen LogP contribution in [-0.2, 0) is 4.79 Å². The molecular formula is C13H21N3O. The molecule has 0 unspecified atom stereocenters. The summed E-state index contributed by atoms with van der Waals surface area (Å²) in [7, 11) is 0. The van der Waals surface area contributed by atoms with Crippen molar-refractivity contribution in [1.29, 1.82) is 5.26 Å². The van der Waals surface area contributed by atoms with Gasteiger partial charge < -0.3 is 10.2 Å². The molecule has 17 heavy (non-hydrogen) atoms. The number of hydrogen-bond donors (Lipinski definition) is 1. The molecule has 4 nitrogen and oxygen atoms in total. The maximum Gasteiger partial charge on any atom is 0.236 e. The van der Waals surface area contributed by atoms with Crippen molar-refractivity contribution < 1.29 is 4.79 Å². The summed E-state index contributed by atoms with van der Waals surface area (Å²) in [5.41, 5.74) is 0. The van der Waals surface area contributed by atoms with Crippen LogP contribution in [0.2, 0.25) is 0 Å². The smallest absolute Gasteiger partial charge is 0.236 e. The summed E-state index contributed by atoms with van der Waals surface area (Å²) in [6, 6.07) is 2.68. The van der Waals surface area contributed by atoms with Crippen molar-refractivity contribution in [3.05, 3.63) is 0 Å². The summed E-state index contributed by atoms with van der Waals surface area (Å²) in [6.07, 6.45) is 6.26. The first-order chi connectivity index (χ1) is 8.29. The second-order valence-corrected chi connectivity index (χ2v) is 5.21. The fourth-order valence-corrected chi connectivity index (χ4v) is 2.88. The molecule has 1 saturated carbocycles. The molecule has 1 N–H and O–H groups in total. The van der Waals surface area contributed by atoms with Crippen LogP contribution in [0.15, 0.2) is 0 Å². The molecule has 0 bridgehead atoms. The number of nitrogens with zero attached hydrogens (tertiary/aromatic N) is 2. The molecule has 0 aromatic carbocycles. The minimum absolute atomic E-state index is 0.242. The molecule has 0 spiro atoms. The minimum Gasteiger partial charge on any atom is -0.342 e. The molecule has 2 atom stereocenters. The lowest BCUT2D eigenvalue weighted by Gasteiger charge is -2.18. The highest BCUT2D eigenvalue weighted by atomic mass is 16.2. The Bertz CT molecular complexity index is 304. The highest BCUT2D eigenvalue weighted by Crippen LogP contribution is 2.27. The molecule has 4 heteroatoms. The fourth-order valence-electron chi connectivity index (χ4n) is 2.88. The molecular weight excluding hydrogens is 214 g/mol. The van der Waals surface area contributed by atoms with Crippen LogP contribution in [0.5, 0.6) is 0 Å². The van der Waals surface area contributed by atoms with Gasteiger partial charge in [-0.3, -0.25) is 4.79 Å². The Labute approximate surface area is 103 Å². The van der Waals surface area contributed by atoms with Gasteiger partial charge >= 0.3 is 0 Å².